The van der Waals surface area contributed by atoms with E-state index in [1.165, 1.54) is 12.1 Å². The smallest absolute Gasteiger partial charge is 0.550 e. The van der Waals surface area contributed by atoms with E-state index in [1.807, 2.05) is 13.0 Å². The summed E-state index contributed by atoms with van der Waals surface area (Å²) in [7, 11) is 0. The number of nitrogens with zero attached hydrogens (tertiary/aromatic N) is 2. The number of rotatable bonds is 11. The standard InChI is InChI=1S/C25H28FN3O5.Na/c1-2-21-23(25(34)27-18-6-4-3-5-7-18)28-24(16-8-10-17(26)11-9-16)29(21)13-12-19(30)14-20(31)15-22(32)33;/h3-11,19-20,30-31H,2,12-15H2,1H3,(H,27,34)(H,32,33);/q;+1/p-1/t19-,20-;/m1./s1. The maximum atomic E-state index is 13.5. The van der Waals surface area contributed by atoms with E-state index in [0.29, 0.717) is 29.2 Å². The fraction of sp³-hybridized carbons (Fsp3) is 0.320. The summed E-state index contributed by atoms with van der Waals surface area (Å²) in [6.45, 7) is 2.13. The second-order valence-corrected chi connectivity index (χ2v) is 7.97. The Labute approximate surface area is 225 Å². The van der Waals surface area contributed by atoms with Crippen molar-refractivity contribution >= 4 is 17.6 Å². The SMILES string of the molecule is CCc1c(C(=O)Nc2ccccc2)nc(-c2ccc(F)cc2)n1CC[C@@H](O)C[C@@H](O)CC(=O)[O-].[Na+]. The van der Waals surface area contributed by atoms with Gasteiger partial charge in [0.25, 0.3) is 5.91 Å². The summed E-state index contributed by atoms with van der Waals surface area (Å²) in [5, 5.41) is 33.6. The molecule has 35 heavy (non-hydrogen) atoms. The first-order valence-electron chi connectivity index (χ1n) is 11.1. The first kappa shape index (κ1) is 28.7. The molecule has 0 bridgehead atoms. The molecular formula is C25H27FN3NaO5. The third-order valence-corrected chi connectivity index (χ3v) is 5.39. The molecule has 1 amide bonds. The normalized spacial score (nSPS) is 12.5. The number of aliphatic hydroxyl groups excluding tert-OH is 2. The Balaban J connectivity index is 0.00000432. The van der Waals surface area contributed by atoms with Crippen molar-refractivity contribution in [2.75, 3.05) is 5.32 Å². The average Bonchev–Trinajstić information content (AvgIpc) is 3.17. The molecule has 2 atom stereocenters. The molecule has 1 heterocycles. The number of carboxylic acid groups (broad SMARTS) is 1. The summed E-state index contributed by atoms with van der Waals surface area (Å²) >= 11 is 0. The van der Waals surface area contributed by atoms with Gasteiger partial charge in [0.05, 0.1) is 17.9 Å². The van der Waals surface area contributed by atoms with Crippen molar-refractivity contribution < 1.29 is 58.9 Å². The number of benzene rings is 2. The number of carboxylic acids is 1. The molecule has 0 aliphatic rings. The summed E-state index contributed by atoms with van der Waals surface area (Å²) in [5.74, 6) is -1.75. The van der Waals surface area contributed by atoms with Crippen LogP contribution in [0.2, 0.25) is 0 Å². The molecule has 1 aromatic heterocycles. The molecule has 0 spiro atoms. The Morgan fingerprint density at radius 3 is 2.34 bits per heavy atom. The fourth-order valence-electron chi connectivity index (χ4n) is 3.78. The topological polar surface area (TPSA) is 128 Å². The van der Waals surface area contributed by atoms with Crippen LogP contribution in [-0.4, -0.2) is 43.8 Å². The molecule has 3 rings (SSSR count). The largest absolute Gasteiger partial charge is 1.00 e. The van der Waals surface area contributed by atoms with E-state index in [0.717, 1.165) is 0 Å². The molecule has 10 heteroatoms. The van der Waals surface area contributed by atoms with Crippen molar-refractivity contribution in [3.63, 3.8) is 0 Å². The van der Waals surface area contributed by atoms with Gasteiger partial charge in [-0.2, -0.15) is 0 Å². The molecular weight excluding hydrogens is 464 g/mol. The van der Waals surface area contributed by atoms with Crippen molar-refractivity contribution in [1.29, 1.82) is 0 Å². The summed E-state index contributed by atoms with van der Waals surface area (Å²) in [5.41, 5.74) is 2.07. The average molecular weight is 491 g/mol. The van der Waals surface area contributed by atoms with Crippen molar-refractivity contribution in [3.8, 4) is 11.4 Å². The number of halogens is 1. The third kappa shape index (κ3) is 7.98. The number of carbonyl (C=O) groups excluding carboxylic acids is 2. The molecule has 8 nitrogen and oxygen atoms in total. The Bertz CT molecular complexity index is 1120. The minimum Gasteiger partial charge on any atom is -0.550 e. The molecule has 0 saturated heterocycles. The monoisotopic (exact) mass is 491 g/mol. The predicted octanol–water partition coefficient (Wildman–Crippen LogP) is -0.850. The molecule has 0 saturated carbocycles. The number of hydrogen-bond acceptors (Lipinski definition) is 6. The van der Waals surface area contributed by atoms with E-state index in [2.05, 4.69) is 10.3 Å². The van der Waals surface area contributed by atoms with Gasteiger partial charge in [-0.05, 0) is 55.7 Å². The van der Waals surface area contributed by atoms with Crippen LogP contribution in [0.15, 0.2) is 54.6 Å². The number of imidazole rings is 1. The van der Waals surface area contributed by atoms with Crippen molar-refractivity contribution in [2.45, 2.75) is 51.4 Å². The Morgan fingerprint density at radius 1 is 1.09 bits per heavy atom. The Morgan fingerprint density at radius 2 is 1.74 bits per heavy atom. The minimum atomic E-state index is -1.39. The van der Waals surface area contributed by atoms with Gasteiger partial charge >= 0.3 is 29.6 Å². The first-order valence-corrected chi connectivity index (χ1v) is 11.1. The number of nitrogens with one attached hydrogen (secondary N) is 1. The maximum absolute atomic E-state index is 13.5. The zero-order valence-electron chi connectivity index (χ0n) is 19.8. The number of para-hydroxylation sites is 1. The van der Waals surface area contributed by atoms with Crippen molar-refractivity contribution in [2.24, 2.45) is 0 Å². The molecule has 0 fully saturated rings. The molecule has 0 aliphatic heterocycles. The van der Waals surface area contributed by atoms with E-state index in [-0.39, 0.29) is 54.6 Å². The van der Waals surface area contributed by atoms with Gasteiger partial charge < -0.3 is 30.0 Å². The fourth-order valence-corrected chi connectivity index (χ4v) is 3.78. The summed E-state index contributed by atoms with van der Waals surface area (Å²) in [6, 6.07) is 14.7. The number of hydrogen-bond donors (Lipinski definition) is 3. The summed E-state index contributed by atoms with van der Waals surface area (Å²) in [4.78, 5) is 28.3. The van der Waals surface area contributed by atoms with Gasteiger partial charge in [-0.1, -0.05) is 25.1 Å². The predicted molar refractivity (Wildman–Crippen MR) is 122 cm³/mol. The number of aliphatic carboxylic acids is 1. The van der Waals surface area contributed by atoms with Crippen LogP contribution in [0.4, 0.5) is 10.1 Å². The van der Waals surface area contributed by atoms with Crippen LogP contribution >= 0.6 is 0 Å². The van der Waals surface area contributed by atoms with Crippen LogP contribution < -0.4 is 40.0 Å². The van der Waals surface area contributed by atoms with Gasteiger partial charge in [0, 0.05) is 30.2 Å². The van der Waals surface area contributed by atoms with Crippen LogP contribution in [0.25, 0.3) is 11.4 Å². The Kier molecular flexibility index (Phi) is 11.1. The molecule has 3 aromatic rings. The molecule has 0 aliphatic carbocycles. The summed E-state index contributed by atoms with van der Waals surface area (Å²) < 4.78 is 15.3. The zero-order chi connectivity index (χ0) is 24.7. The van der Waals surface area contributed by atoms with E-state index in [9.17, 15) is 29.3 Å². The van der Waals surface area contributed by atoms with Crippen molar-refractivity contribution in [1.82, 2.24) is 9.55 Å². The van der Waals surface area contributed by atoms with E-state index < -0.39 is 36.3 Å². The second-order valence-electron chi connectivity index (χ2n) is 7.97. The maximum Gasteiger partial charge on any atom is 1.00 e. The van der Waals surface area contributed by atoms with Crippen LogP contribution in [-0.2, 0) is 17.8 Å². The van der Waals surface area contributed by atoms with Crippen LogP contribution in [0.3, 0.4) is 0 Å². The quantitative estimate of drug-likeness (QED) is 0.300. The van der Waals surface area contributed by atoms with Crippen molar-refractivity contribution in [3.05, 3.63) is 71.8 Å². The second kappa shape index (κ2) is 13.5. The number of amides is 1. The molecule has 180 valence electrons. The molecule has 2 aromatic carbocycles. The van der Waals surface area contributed by atoms with E-state index in [4.69, 9.17) is 0 Å². The third-order valence-electron chi connectivity index (χ3n) is 5.39. The van der Waals surface area contributed by atoms with Gasteiger partial charge in [0.1, 0.15) is 17.3 Å². The number of carbonyl (C=O) groups is 2. The first-order chi connectivity index (χ1) is 16.3. The van der Waals surface area contributed by atoms with Gasteiger partial charge in [-0.3, -0.25) is 4.79 Å². The number of aliphatic hydroxyl groups is 2. The van der Waals surface area contributed by atoms with E-state index >= 15 is 0 Å². The van der Waals surface area contributed by atoms with Crippen LogP contribution in [0.5, 0.6) is 0 Å². The molecule has 0 unspecified atom stereocenters. The van der Waals surface area contributed by atoms with Crippen LogP contribution in [0.1, 0.15) is 42.4 Å². The molecule has 0 radical (unpaired) electrons. The van der Waals surface area contributed by atoms with Gasteiger partial charge in [-0.15, -0.1) is 0 Å². The molecule has 3 N–H and O–H groups in total. The summed E-state index contributed by atoms with van der Waals surface area (Å²) in [6.07, 6.45) is -2.25. The van der Waals surface area contributed by atoms with Crippen LogP contribution in [0, 0.1) is 5.82 Å². The Hall–Kier alpha value is -2.56. The number of aromatic nitrogens is 2. The van der Waals surface area contributed by atoms with E-state index in [1.54, 1.807) is 41.0 Å². The van der Waals surface area contributed by atoms with Gasteiger partial charge in [-0.25, -0.2) is 9.37 Å². The zero-order valence-corrected chi connectivity index (χ0v) is 21.8. The minimum absolute atomic E-state index is 0. The van der Waals surface area contributed by atoms with Gasteiger partial charge in [0.2, 0.25) is 0 Å². The number of anilines is 1. The van der Waals surface area contributed by atoms with Gasteiger partial charge in [0.15, 0.2) is 0 Å².